The third-order valence-electron chi connectivity index (χ3n) is 3.31. The van der Waals surface area contributed by atoms with E-state index in [1.54, 1.807) is 0 Å². The van der Waals surface area contributed by atoms with Crippen molar-refractivity contribution in [3.05, 3.63) is 48.0 Å². The summed E-state index contributed by atoms with van der Waals surface area (Å²) < 4.78 is 5.33. The van der Waals surface area contributed by atoms with Crippen LogP contribution in [-0.2, 0) is 11.2 Å². The highest BCUT2D eigenvalue weighted by molar-refractivity contribution is 5.14. The summed E-state index contributed by atoms with van der Waals surface area (Å²) in [5.41, 5.74) is 1.44. The average molecular weight is 245 g/mol. The highest BCUT2D eigenvalue weighted by Crippen LogP contribution is 2.05. The third kappa shape index (κ3) is 5.03. The lowest BCUT2D eigenvalue weighted by Gasteiger charge is -2.25. The van der Waals surface area contributed by atoms with E-state index < -0.39 is 0 Å². The maximum atomic E-state index is 5.33. The lowest BCUT2D eigenvalue weighted by molar-refractivity contribution is 0.0434. The molecule has 0 aromatic heterocycles. The van der Waals surface area contributed by atoms with Crippen LogP contribution in [-0.4, -0.2) is 37.7 Å². The zero-order valence-corrected chi connectivity index (χ0v) is 11.1. The van der Waals surface area contributed by atoms with Gasteiger partial charge >= 0.3 is 0 Å². The molecule has 2 nitrogen and oxygen atoms in total. The van der Waals surface area contributed by atoms with Crippen LogP contribution >= 0.6 is 0 Å². The Labute approximate surface area is 110 Å². The highest BCUT2D eigenvalue weighted by atomic mass is 16.5. The summed E-state index contributed by atoms with van der Waals surface area (Å²) in [6, 6.07) is 10.7. The molecule has 0 bridgehead atoms. The van der Waals surface area contributed by atoms with Crippen LogP contribution in [0, 0.1) is 0 Å². The number of nitrogens with zero attached hydrogens (tertiary/aromatic N) is 1. The minimum absolute atomic E-state index is 0.891. The number of ether oxygens (including phenoxy) is 1. The van der Waals surface area contributed by atoms with E-state index in [1.165, 1.54) is 24.8 Å². The Morgan fingerprint density at radius 2 is 1.83 bits per heavy atom. The number of rotatable bonds is 6. The molecule has 18 heavy (non-hydrogen) atoms. The number of hydrogen-bond acceptors (Lipinski definition) is 2. The molecule has 98 valence electrons. The van der Waals surface area contributed by atoms with Crippen LogP contribution in [0.2, 0.25) is 0 Å². The molecule has 1 aromatic carbocycles. The SMILES string of the molecule is C(=C\CN1CCOCC1)/CCCc1ccccc1. The van der Waals surface area contributed by atoms with E-state index in [4.69, 9.17) is 4.74 Å². The van der Waals surface area contributed by atoms with Crippen molar-refractivity contribution in [3.8, 4) is 0 Å². The molecule has 0 radical (unpaired) electrons. The lowest BCUT2D eigenvalue weighted by Crippen LogP contribution is -2.36. The maximum Gasteiger partial charge on any atom is 0.0594 e. The number of allylic oxidation sites excluding steroid dienone is 1. The summed E-state index contributed by atoms with van der Waals surface area (Å²) in [7, 11) is 0. The molecule has 1 heterocycles. The fourth-order valence-corrected chi connectivity index (χ4v) is 2.19. The highest BCUT2D eigenvalue weighted by Gasteiger charge is 2.07. The Kier molecular flexibility index (Phi) is 5.97. The smallest absolute Gasteiger partial charge is 0.0594 e. The topological polar surface area (TPSA) is 12.5 Å². The number of aryl methyl sites for hydroxylation is 1. The molecule has 1 aliphatic heterocycles. The van der Waals surface area contributed by atoms with Gasteiger partial charge in [0.25, 0.3) is 0 Å². The first-order chi connectivity index (χ1) is 8.95. The van der Waals surface area contributed by atoms with Crippen molar-refractivity contribution >= 4 is 0 Å². The van der Waals surface area contributed by atoms with Gasteiger partial charge in [-0.3, -0.25) is 4.90 Å². The number of hydrogen-bond donors (Lipinski definition) is 0. The third-order valence-corrected chi connectivity index (χ3v) is 3.31. The molecule has 2 rings (SSSR count). The van der Waals surface area contributed by atoms with Gasteiger partial charge in [0.05, 0.1) is 13.2 Å². The van der Waals surface area contributed by atoms with Crippen molar-refractivity contribution in [2.45, 2.75) is 19.3 Å². The minimum Gasteiger partial charge on any atom is -0.379 e. The van der Waals surface area contributed by atoms with Gasteiger partial charge in [-0.15, -0.1) is 0 Å². The standard InChI is InChI=1S/C16H23NO/c1(4-8-16-9-5-3-6-10-16)2-7-11-17-12-14-18-15-13-17/h2-3,5-7,9-10H,1,4,8,11-15H2/b7-2+. The maximum absolute atomic E-state index is 5.33. The van der Waals surface area contributed by atoms with E-state index in [2.05, 4.69) is 47.4 Å². The van der Waals surface area contributed by atoms with Gasteiger partial charge < -0.3 is 4.74 Å². The zero-order chi connectivity index (χ0) is 12.5. The van der Waals surface area contributed by atoms with Gasteiger partial charge in [-0.25, -0.2) is 0 Å². The van der Waals surface area contributed by atoms with Gasteiger partial charge in [-0.05, 0) is 24.8 Å². The van der Waals surface area contributed by atoms with Crippen molar-refractivity contribution < 1.29 is 4.74 Å². The molecule has 0 saturated carbocycles. The van der Waals surface area contributed by atoms with Crippen molar-refractivity contribution in [2.75, 3.05) is 32.8 Å². The Bertz CT molecular complexity index is 341. The van der Waals surface area contributed by atoms with Gasteiger partial charge in [0.1, 0.15) is 0 Å². The molecule has 1 aliphatic rings. The van der Waals surface area contributed by atoms with Crippen LogP contribution in [0.5, 0.6) is 0 Å². The van der Waals surface area contributed by atoms with Gasteiger partial charge in [-0.1, -0.05) is 42.5 Å². The Balaban J connectivity index is 1.55. The van der Waals surface area contributed by atoms with Crippen molar-refractivity contribution in [1.29, 1.82) is 0 Å². The van der Waals surface area contributed by atoms with Crippen LogP contribution in [0.25, 0.3) is 0 Å². The Morgan fingerprint density at radius 1 is 1.06 bits per heavy atom. The first-order valence-electron chi connectivity index (χ1n) is 6.94. The molecular weight excluding hydrogens is 222 g/mol. The molecule has 0 amide bonds. The molecule has 0 unspecified atom stereocenters. The van der Waals surface area contributed by atoms with Crippen LogP contribution in [0.3, 0.4) is 0 Å². The molecule has 0 atom stereocenters. The fraction of sp³-hybridized carbons (Fsp3) is 0.500. The summed E-state index contributed by atoms with van der Waals surface area (Å²) in [5.74, 6) is 0. The second kappa shape index (κ2) is 8.06. The van der Waals surface area contributed by atoms with E-state index >= 15 is 0 Å². The van der Waals surface area contributed by atoms with Gasteiger partial charge in [0, 0.05) is 19.6 Å². The van der Waals surface area contributed by atoms with E-state index in [0.717, 1.165) is 32.8 Å². The second-order valence-electron chi connectivity index (χ2n) is 4.76. The van der Waals surface area contributed by atoms with Gasteiger partial charge in [0.15, 0.2) is 0 Å². The van der Waals surface area contributed by atoms with E-state index in [1.807, 2.05) is 0 Å². The molecule has 0 aliphatic carbocycles. The normalized spacial score (nSPS) is 17.3. The predicted molar refractivity (Wildman–Crippen MR) is 75.8 cm³/mol. The van der Waals surface area contributed by atoms with Gasteiger partial charge in [0.2, 0.25) is 0 Å². The van der Waals surface area contributed by atoms with Crippen LogP contribution in [0.1, 0.15) is 18.4 Å². The summed E-state index contributed by atoms with van der Waals surface area (Å²) in [4.78, 5) is 2.44. The molecule has 1 fully saturated rings. The Hall–Kier alpha value is -1.12. The van der Waals surface area contributed by atoms with Crippen molar-refractivity contribution in [2.24, 2.45) is 0 Å². The Morgan fingerprint density at radius 3 is 2.61 bits per heavy atom. The second-order valence-corrected chi connectivity index (χ2v) is 4.76. The molecule has 1 aromatic rings. The molecular formula is C16H23NO. The summed E-state index contributed by atoms with van der Waals surface area (Å²) >= 11 is 0. The van der Waals surface area contributed by atoms with E-state index in [9.17, 15) is 0 Å². The van der Waals surface area contributed by atoms with E-state index in [0.29, 0.717) is 0 Å². The summed E-state index contributed by atoms with van der Waals surface area (Å²) in [5, 5.41) is 0. The molecule has 0 N–H and O–H groups in total. The lowest BCUT2D eigenvalue weighted by atomic mass is 10.1. The first kappa shape index (κ1) is 13.3. The minimum atomic E-state index is 0.891. The quantitative estimate of drug-likeness (QED) is 0.564. The molecule has 1 saturated heterocycles. The van der Waals surface area contributed by atoms with E-state index in [-0.39, 0.29) is 0 Å². The average Bonchev–Trinajstić information content (AvgIpc) is 2.45. The zero-order valence-electron chi connectivity index (χ0n) is 11.1. The number of morpholine rings is 1. The number of benzene rings is 1. The fourth-order valence-electron chi connectivity index (χ4n) is 2.19. The molecule has 0 spiro atoms. The summed E-state index contributed by atoms with van der Waals surface area (Å²) in [6.07, 6.45) is 8.22. The van der Waals surface area contributed by atoms with Crippen molar-refractivity contribution in [3.63, 3.8) is 0 Å². The first-order valence-corrected chi connectivity index (χ1v) is 6.94. The van der Waals surface area contributed by atoms with Gasteiger partial charge in [-0.2, -0.15) is 0 Å². The summed E-state index contributed by atoms with van der Waals surface area (Å²) in [6.45, 7) is 5.01. The van der Waals surface area contributed by atoms with Crippen LogP contribution < -0.4 is 0 Å². The predicted octanol–water partition coefficient (Wildman–Crippen LogP) is 2.90. The monoisotopic (exact) mass is 245 g/mol. The van der Waals surface area contributed by atoms with Crippen LogP contribution in [0.15, 0.2) is 42.5 Å². The molecule has 2 heteroatoms. The van der Waals surface area contributed by atoms with Crippen LogP contribution in [0.4, 0.5) is 0 Å². The largest absolute Gasteiger partial charge is 0.379 e. The number of unbranched alkanes of at least 4 members (excludes halogenated alkanes) is 1. The van der Waals surface area contributed by atoms with Crippen molar-refractivity contribution in [1.82, 2.24) is 4.90 Å².